The van der Waals surface area contributed by atoms with Gasteiger partial charge in [0, 0.05) is 18.3 Å². The highest BCUT2D eigenvalue weighted by Crippen LogP contribution is 2.18. The molecule has 1 aromatic rings. The van der Waals surface area contributed by atoms with E-state index >= 15 is 0 Å². The van der Waals surface area contributed by atoms with Gasteiger partial charge in [0.25, 0.3) is 5.91 Å². The van der Waals surface area contributed by atoms with Crippen LogP contribution in [0.1, 0.15) is 15.9 Å². The van der Waals surface area contributed by atoms with Crippen molar-refractivity contribution in [2.75, 3.05) is 25.5 Å². The molecule has 5 nitrogen and oxygen atoms in total. The molecule has 0 bridgehead atoms. The van der Waals surface area contributed by atoms with Crippen LogP contribution < -0.4 is 16.0 Å². The van der Waals surface area contributed by atoms with E-state index in [0.717, 1.165) is 0 Å². The number of carbonyl (C=O) groups excluding carboxylic acids is 2. The van der Waals surface area contributed by atoms with Gasteiger partial charge >= 0.3 is 6.18 Å². The fraction of sp³-hybridized carbons (Fsp3) is 0.385. The average molecular weight is 303 g/mol. The van der Waals surface area contributed by atoms with Crippen LogP contribution in [0.15, 0.2) is 18.2 Å². The first-order valence-electron chi connectivity index (χ1n) is 6.13. The predicted molar refractivity (Wildman–Crippen MR) is 72.1 cm³/mol. The molecule has 0 saturated heterocycles. The molecule has 0 aliphatic heterocycles. The summed E-state index contributed by atoms with van der Waals surface area (Å²) in [5, 5.41) is 6.93. The van der Waals surface area contributed by atoms with Crippen LogP contribution in [0, 0.1) is 6.92 Å². The lowest BCUT2D eigenvalue weighted by atomic mass is 10.1. The van der Waals surface area contributed by atoms with Gasteiger partial charge < -0.3 is 16.0 Å². The molecule has 116 valence electrons. The fourth-order valence-electron chi connectivity index (χ4n) is 1.66. The topological polar surface area (TPSA) is 70.2 Å². The lowest BCUT2D eigenvalue weighted by Crippen LogP contribution is -2.35. The Labute approximate surface area is 119 Å². The van der Waals surface area contributed by atoms with E-state index in [1.54, 1.807) is 25.1 Å². The second kappa shape index (κ2) is 7.07. The Morgan fingerprint density at radius 2 is 1.90 bits per heavy atom. The number of alkyl halides is 3. The Hall–Kier alpha value is -2.09. The van der Waals surface area contributed by atoms with E-state index in [1.807, 2.05) is 5.32 Å². The SMILES string of the molecule is CNC(=O)c1cccc(NC(=O)CNCC(F)(F)F)c1C. The maximum absolute atomic E-state index is 11.9. The van der Waals surface area contributed by atoms with Crippen LogP contribution in [0.2, 0.25) is 0 Å². The molecule has 1 aromatic carbocycles. The van der Waals surface area contributed by atoms with Crippen LogP contribution in [0.4, 0.5) is 18.9 Å². The first kappa shape index (κ1) is 17.0. The normalized spacial score (nSPS) is 11.1. The number of hydrogen-bond donors (Lipinski definition) is 3. The Morgan fingerprint density at radius 3 is 2.48 bits per heavy atom. The van der Waals surface area contributed by atoms with E-state index in [0.29, 0.717) is 16.8 Å². The van der Waals surface area contributed by atoms with Gasteiger partial charge in [-0.15, -0.1) is 0 Å². The molecular formula is C13H16F3N3O2. The molecule has 0 aliphatic carbocycles. The summed E-state index contributed by atoms with van der Waals surface area (Å²) < 4.78 is 35.8. The predicted octanol–water partition coefficient (Wildman–Crippen LogP) is 1.45. The summed E-state index contributed by atoms with van der Waals surface area (Å²) in [5.41, 5.74) is 1.31. The number of nitrogens with one attached hydrogen (secondary N) is 3. The second-order valence-corrected chi connectivity index (χ2v) is 4.32. The van der Waals surface area contributed by atoms with Crippen molar-refractivity contribution in [3.8, 4) is 0 Å². The van der Waals surface area contributed by atoms with Crippen molar-refractivity contribution in [1.29, 1.82) is 0 Å². The van der Waals surface area contributed by atoms with Gasteiger partial charge in [-0.1, -0.05) is 6.07 Å². The Morgan fingerprint density at radius 1 is 1.24 bits per heavy atom. The van der Waals surface area contributed by atoms with Gasteiger partial charge in [0.2, 0.25) is 5.91 Å². The third kappa shape index (κ3) is 5.42. The van der Waals surface area contributed by atoms with Crippen molar-refractivity contribution in [2.45, 2.75) is 13.1 Å². The van der Waals surface area contributed by atoms with E-state index in [4.69, 9.17) is 0 Å². The standard InChI is InChI=1S/C13H16F3N3O2/c1-8-9(12(21)17-2)4-3-5-10(8)19-11(20)6-18-7-13(14,15)16/h3-5,18H,6-7H2,1-2H3,(H,17,21)(H,19,20). The molecule has 2 amide bonds. The highest BCUT2D eigenvalue weighted by atomic mass is 19.4. The molecule has 0 radical (unpaired) electrons. The molecule has 0 atom stereocenters. The summed E-state index contributed by atoms with van der Waals surface area (Å²) >= 11 is 0. The minimum Gasteiger partial charge on any atom is -0.355 e. The van der Waals surface area contributed by atoms with E-state index in [9.17, 15) is 22.8 Å². The van der Waals surface area contributed by atoms with Crippen LogP contribution in [-0.2, 0) is 4.79 Å². The molecule has 0 aliphatic rings. The largest absolute Gasteiger partial charge is 0.401 e. The van der Waals surface area contributed by atoms with Crippen molar-refractivity contribution in [3.05, 3.63) is 29.3 Å². The first-order chi connectivity index (χ1) is 9.74. The van der Waals surface area contributed by atoms with Gasteiger partial charge in [0.05, 0.1) is 13.1 Å². The van der Waals surface area contributed by atoms with Gasteiger partial charge in [-0.2, -0.15) is 13.2 Å². The fourth-order valence-corrected chi connectivity index (χ4v) is 1.66. The maximum atomic E-state index is 11.9. The van der Waals surface area contributed by atoms with Crippen molar-refractivity contribution < 1.29 is 22.8 Å². The second-order valence-electron chi connectivity index (χ2n) is 4.32. The van der Waals surface area contributed by atoms with Crippen molar-refractivity contribution in [1.82, 2.24) is 10.6 Å². The molecule has 3 N–H and O–H groups in total. The Kier molecular flexibility index (Phi) is 5.71. The molecule has 0 spiro atoms. The van der Waals surface area contributed by atoms with Crippen LogP contribution in [0.25, 0.3) is 0 Å². The number of anilines is 1. The van der Waals surface area contributed by atoms with Crippen LogP contribution in [0.3, 0.4) is 0 Å². The van der Waals surface area contributed by atoms with Crippen LogP contribution in [-0.4, -0.2) is 38.1 Å². The zero-order valence-electron chi connectivity index (χ0n) is 11.6. The zero-order valence-corrected chi connectivity index (χ0v) is 11.6. The van der Waals surface area contributed by atoms with Crippen LogP contribution in [0.5, 0.6) is 0 Å². The summed E-state index contributed by atoms with van der Waals surface area (Å²) in [6.07, 6.45) is -4.37. The lowest BCUT2D eigenvalue weighted by molar-refractivity contribution is -0.126. The summed E-state index contributed by atoms with van der Waals surface area (Å²) in [4.78, 5) is 23.2. The third-order valence-electron chi connectivity index (χ3n) is 2.69. The monoisotopic (exact) mass is 303 g/mol. The number of hydrogen-bond acceptors (Lipinski definition) is 3. The molecule has 1 rings (SSSR count). The smallest absolute Gasteiger partial charge is 0.355 e. The zero-order chi connectivity index (χ0) is 16.0. The van der Waals surface area contributed by atoms with E-state index < -0.39 is 25.2 Å². The van der Waals surface area contributed by atoms with Gasteiger partial charge in [0.1, 0.15) is 0 Å². The number of amides is 2. The maximum Gasteiger partial charge on any atom is 0.401 e. The van der Waals surface area contributed by atoms with E-state index in [-0.39, 0.29) is 5.91 Å². The van der Waals surface area contributed by atoms with Gasteiger partial charge in [0.15, 0.2) is 0 Å². The summed E-state index contributed by atoms with van der Waals surface area (Å²) in [5.74, 6) is -0.921. The highest BCUT2D eigenvalue weighted by molar-refractivity contribution is 5.99. The van der Waals surface area contributed by atoms with E-state index in [2.05, 4.69) is 10.6 Å². The lowest BCUT2D eigenvalue weighted by Gasteiger charge is -2.12. The molecule has 0 fully saturated rings. The van der Waals surface area contributed by atoms with Crippen LogP contribution >= 0.6 is 0 Å². The van der Waals surface area contributed by atoms with Gasteiger partial charge in [-0.25, -0.2) is 0 Å². The number of benzene rings is 1. The van der Waals surface area contributed by atoms with Gasteiger partial charge in [-0.05, 0) is 24.6 Å². The number of carbonyl (C=O) groups is 2. The molecular weight excluding hydrogens is 287 g/mol. The number of rotatable bonds is 5. The molecule has 21 heavy (non-hydrogen) atoms. The van der Waals surface area contributed by atoms with Gasteiger partial charge in [-0.3, -0.25) is 9.59 Å². The minimum atomic E-state index is -4.37. The Balaban J connectivity index is 2.67. The van der Waals surface area contributed by atoms with Crippen molar-refractivity contribution >= 4 is 17.5 Å². The van der Waals surface area contributed by atoms with Crippen molar-refractivity contribution in [2.24, 2.45) is 0 Å². The summed E-state index contributed by atoms with van der Waals surface area (Å²) in [6.45, 7) is -0.0653. The summed E-state index contributed by atoms with van der Waals surface area (Å²) in [7, 11) is 1.48. The quantitative estimate of drug-likeness (QED) is 0.771. The highest BCUT2D eigenvalue weighted by Gasteiger charge is 2.26. The minimum absolute atomic E-state index is 0.307. The third-order valence-corrected chi connectivity index (χ3v) is 2.69. The molecule has 0 heterocycles. The average Bonchev–Trinajstić information content (AvgIpc) is 2.39. The molecule has 0 saturated carbocycles. The molecule has 0 unspecified atom stereocenters. The Bertz CT molecular complexity index is 530. The summed E-state index contributed by atoms with van der Waals surface area (Å²) in [6, 6.07) is 4.74. The van der Waals surface area contributed by atoms with Crippen molar-refractivity contribution in [3.63, 3.8) is 0 Å². The number of halogens is 3. The first-order valence-corrected chi connectivity index (χ1v) is 6.13. The molecule has 8 heteroatoms. The van der Waals surface area contributed by atoms with E-state index in [1.165, 1.54) is 7.05 Å². The molecule has 0 aromatic heterocycles.